The second-order valence-electron chi connectivity index (χ2n) is 5.64. The van der Waals surface area contributed by atoms with Crippen LogP contribution in [0.3, 0.4) is 0 Å². The predicted octanol–water partition coefficient (Wildman–Crippen LogP) is 4.45. The summed E-state index contributed by atoms with van der Waals surface area (Å²) in [5, 5.41) is 17.8. The Labute approximate surface area is 150 Å². The van der Waals surface area contributed by atoms with Crippen LogP contribution in [-0.2, 0) is 5.72 Å². The predicted molar refractivity (Wildman–Crippen MR) is 95.3 cm³/mol. The molecule has 24 heavy (non-hydrogen) atoms. The highest BCUT2D eigenvalue weighted by molar-refractivity contribution is 6.30. The number of aliphatic hydroxyl groups is 1. The molecule has 1 N–H and O–H groups in total. The van der Waals surface area contributed by atoms with Crippen LogP contribution in [0.1, 0.15) is 35.7 Å². The minimum atomic E-state index is -1.52. The quantitative estimate of drug-likeness (QED) is 0.876. The van der Waals surface area contributed by atoms with Gasteiger partial charge in [0.1, 0.15) is 0 Å². The number of halogens is 2. The zero-order valence-corrected chi connectivity index (χ0v) is 14.6. The van der Waals surface area contributed by atoms with Gasteiger partial charge < -0.3 is 5.11 Å². The van der Waals surface area contributed by atoms with Crippen LogP contribution < -0.4 is 0 Å². The standard InChI is InChI=1S/C18H16Cl2N2O2/c1-2-16-11-18(24,13-5-9-15(20)10-6-13)22(21-16)17(23)12-3-7-14(19)8-4-12/h3-10,24H,2,11H2,1H3. The van der Waals surface area contributed by atoms with Crippen LogP contribution in [0.2, 0.25) is 10.0 Å². The molecule has 3 rings (SSSR count). The van der Waals surface area contributed by atoms with E-state index in [1.807, 2.05) is 6.92 Å². The van der Waals surface area contributed by atoms with Crippen molar-refractivity contribution in [2.75, 3.05) is 0 Å². The zero-order chi connectivity index (χ0) is 17.3. The van der Waals surface area contributed by atoms with Crippen LogP contribution in [0.15, 0.2) is 53.6 Å². The SMILES string of the molecule is CCC1=NN(C(=O)c2ccc(Cl)cc2)C(O)(c2ccc(Cl)cc2)C1. The van der Waals surface area contributed by atoms with Crippen LogP contribution in [0, 0.1) is 0 Å². The first-order chi connectivity index (χ1) is 11.4. The molecule has 1 aliphatic rings. The van der Waals surface area contributed by atoms with E-state index < -0.39 is 5.72 Å². The molecule has 124 valence electrons. The fraction of sp³-hybridized carbons (Fsp3) is 0.222. The fourth-order valence-electron chi connectivity index (χ4n) is 2.68. The summed E-state index contributed by atoms with van der Waals surface area (Å²) in [5.41, 5.74) is 0.219. The Bertz CT molecular complexity index is 788. The van der Waals surface area contributed by atoms with Crippen molar-refractivity contribution >= 4 is 34.8 Å². The highest BCUT2D eigenvalue weighted by atomic mass is 35.5. The van der Waals surface area contributed by atoms with Crippen molar-refractivity contribution < 1.29 is 9.90 Å². The largest absolute Gasteiger partial charge is 0.365 e. The molecule has 0 radical (unpaired) electrons. The number of hydrazone groups is 1. The van der Waals surface area contributed by atoms with Gasteiger partial charge in [-0.2, -0.15) is 10.1 Å². The van der Waals surface area contributed by atoms with Crippen molar-refractivity contribution in [2.45, 2.75) is 25.5 Å². The van der Waals surface area contributed by atoms with Gasteiger partial charge in [-0.25, -0.2) is 0 Å². The third kappa shape index (κ3) is 3.05. The topological polar surface area (TPSA) is 52.9 Å². The summed E-state index contributed by atoms with van der Waals surface area (Å²) in [6.45, 7) is 1.94. The Morgan fingerprint density at radius 1 is 1.12 bits per heavy atom. The summed E-state index contributed by atoms with van der Waals surface area (Å²) in [6.07, 6.45) is 0.921. The number of hydrogen-bond acceptors (Lipinski definition) is 3. The summed E-state index contributed by atoms with van der Waals surface area (Å²) in [7, 11) is 0. The number of rotatable bonds is 3. The van der Waals surface area contributed by atoms with E-state index in [1.54, 1.807) is 48.5 Å². The Morgan fingerprint density at radius 2 is 1.67 bits per heavy atom. The monoisotopic (exact) mass is 362 g/mol. The molecule has 1 aliphatic heterocycles. The van der Waals surface area contributed by atoms with E-state index in [0.29, 0.717) is 27.6 Å². The molecule has 1 amide bonds. The minimum Gasteiger partial charge on any atom is -0.365 e. The molecule has 0 fully saturated rings. The highest BCUT2D eigenvalue weighted by Gasteiger charge is 2.45. The Balaban J connectivity index is 2.01. The molecule has 2 aromatic rings. The van der Waals surface area contributed by atoms with Gasteiger partial charge in [0, 0.05) is 33.3 Å². The second-order valence-corrected chi connectivity index (χ2v) is 6.52. The maximum Gasteiger partial charge on any atom is 0.276 e. The first-order valence-corrected chi connectivity index (χ1v) is 8.34. The summed E-state index contributed by atoms with van der Waals surface area (Å²) >= 11 is 11.8. The summed E-state index contributed by atoms with van der Waals surface area (Å²) in [5.74, 6) is -0.382. The van der Waals surface area contributed by atoms with Gasteiger partial charge in [-0.3, -0.25) is 4.79 Å². The van der Waals surface area contributed by atoms with Crippen molar-refractivity contribution in [1.82, 2.24) is 5.01 Å². The van der Waals surface area contributed by atoms with E-state index in [9.17, 15) is 9.90 Å². The van der Waals surface area contributed by atoms with Crippen molar-refractivity contribution in [3.63, 3.8) is 0 Å². The highest BCUT2D eigenvalue weighted by Crippen LogP contribution is 2.37. The minimum absolute atomic E-state index is 0.268. The lowest BCUT2D eigenvalue weighted by atomic mass is 9.96. The molecule has 0 spiro atoms. The number of benzene rings is 2. The van der Waals surface area contributed by atoms with Gasteiger partial charge in [-0.15, -0.1) is 0 Å². The summed E-state index contributed by atoms with van der Waals surface area (Å²) in [4.78, 5) is 12.9. The van der Waals surface area contributed by atoms with Crippen LogP contribution in [0.5, 0.6) is 0 Å². The van der Waals surface area contributed by atoms with Crippen molar-refractivity contribution in [3.05, 3.63) is 69.7 Å². The maximum absolute atomic E-state index is 12.9. The second kappa shape index (κ2) is 6.55. The molecule has 4 nitrogen and oxygen atoms in total. The lowest BCUT2D eigenvalue weighted by Crippen LogP contribution is -2.43. The van der Waals surface area contributed by atoms with E-state index in [4.69, 9.17) is 23.2 Å². The Morgan fingerprint density at radius 3 is 2.21 bits per heavy atom. The number of hydrogen-bond donors (Lipinski definition) is 1. The van der Waals surface area contributed by atoms with Crippen molar-refractivity contribution in [1.29, 1.82) is 0 Å². The number of nitrogens with zero attached hydrogens (tertiary/aromatic N) is 2. The Kier molecular flexibility index (Phi) is 4.63. The van der Waals surface area contributed by atoms with Gasteiger partial charge in [-0.1, -0.05) is 42.3 Å². The van der Waals surface area contributed by atoms with Gasteiger partial charge in [0.15, 0.2) is 5.72 Å². The van der Waals surface area contributed by atoms with Crippen molar-refractivity contribution in [3.8, 4) is 0 Å². The van der Waals surface area contributed by atoms with Crippen LogP contribution in [0.25, 0.3) is 0 Å². The van der Waals surface area contributed by atoms with E-state index in [0.717, 1.165) is 10.7 Å². The van der Waals surface area contributed by atoms with Crippen LogP contribution >= 0.6 is 23.2 Å². The smallest absolute Gasteiger partial charge is 0.276 e. The molecule has 6 heteroatoms. The van der Waals surface area contributed by atoms with Gasteiger partial charge in [0.25, 0.3) is 5.91 Å². The molecule has 0 bridgehead atoms. The molecule has 1 atom stereocenters. The zero-order valence-electron chi connectivity index (χ0n) is 13.0. The normalized spacial score (nSPS) is 20.2. The lowest BCUT2D eigenvalue weighted by molar-refractivity contribution is -0.0765. The molecule has 0 saturated heterocycles. The molecular formula is C18H16Cl2N2O2. The first-order valence-electron chi connectivity index (χ1n) is 7.59. The van der Waals surface area contributed by atoms with Gasteiger partial charge >= 0.3 is 0 Å². The summed E-state index contributed by atoms with van der Waals surface area (Å²) < 4.78 is 0. The van der Waals surface area contributed by atoms with E-state index >= 15 is 0 Å². The van der Waals surface area contributed by atoms with Gasteiger partial charge in [0.05, 0.1) is 0 Å². The third-order valence-electron chi connectivity index (χ3n) is 4.04. The third-order valence-corrected chi connectivity index (χ3v) is 4.54. The average Bonchev–Trinajstić information content (AvgIpc) is 2.93. The van der Waals surface area contributed by atoms with Crippen molar-refractivity contribution in [2.24, 2.45) is 5.10 Å². The molecule has 1 unspecified atom stereocenters. The average molecular weight is 363 g/mol. The summed E-state index contributed by atoms with van der Waals surface area (Å²) in [6, 6.07) is 13.3. The molecule has 2 aromatic carbocycles. The number of carbonyl (C=O) groups is 1. The Hall–Kier alpha value is -1.88. The number of amides is 1. The number of carbonyl (C=O) groups excluding carboxylic acids is 1. The van der Waals surface area contributed by atoms with E-state index in [-0.39, 0.29) is 12.3 Å². The van der Waals surface area contributed by atoms with E-state index in [1.165, 1.54) is 0 Å². The van der Waals surface area contributed by atoms with E-state index in [2.05, 4.69) is 5.10 Å². The molecule has 1 heterocycles. The first kappa shape index (κ1) is 17.0. The molecule has 0 aromatic heterocycles. The molecule has 0 aliphatic carbocycles. The fourth-order valence-corrected chi connectivity index (χ4v) is 2.94. The maximum atomic E-state index is 12.9. The van der Waals surface area contributed by atoms with Gasteiger partial charge in [-0.05, 0) is 42.8 Å². The van der Waals surface area contributed by atoms with Crippen LogP contribution in [-0.4, -0.2) is 21.7 Å². The molecule has 0 saturated carbocycles. The van der Waals surface area contributed by atoms with Gasteiger partial charge in [0.2, 0.25) is 0 Å². The molecular weight excluding hydrogens is 347 g/mol. The van der Waals surface area contributed by atoms with Crippen LogP contribution in [0.4, 0.5) is 0 Å². The lowest BCUT2D eigenvalue weighted by Gasteiger charge is -2.31.